The third-order valence-electron chi connectivity index (χ3n) is 7.21. The number of fused-ring (bicyclic) bond motifs is 1. The molecule has 0 radical (unpaired) electrons. The third kappa shape index (κ3) is 3.13. The summed E-state index contributed by atoms with van der Waals surface area (Å²) >= 11 is 0. The number of nitrogens with one attached hydrogen (secondary N) is 1. The molecule has 1 aliphatic heterocycles. The molecule has 0 bridgehead atoms. The third-order valence-corrected chi connectivity index (χ3v) is 7.21. The van der Waals surface area contributed by atoms with E-state index in [1.54, 1.807) is 19.2 Å². The summed E-state index contributed by atoms with van der Waals surface area (Å²) in [6, 6.07) is -0.567. The number of ether oxygens (including phenoxy) is 1. The molecule has 1 amide bonds. The number of nitrogens with zero attached hydrogens (tertiary/aromatic N) is 1. The molecule has 0 aromatic heterocycles. The van der Waals surface area contributed by atoms with Crippen LogP contribution in [-0.2, 0) is 24.0 Å². The normalized spacial score (nSPS) is 32.8. The molecule has 2 atom stereocenters. The Balaban J connectivity index is 1.75. The van der Waals surface area contributed by atoms with Gasteiger partial charge in [-0.25, -0.2) is 13.6 Å². The summed E-state index contributed by atoms with van der Waals surface area (Å²) in [6.45, 7) is 1.83. The van der Waals surface area contributed by atoms with E-state index in [2.05, 4.69) is 5.32 Å². The molecule has 4 rings (SSSR count). The maximum atomic E-state index is 13.7. The van der Waals surface area contributed by atoms with Crippen molar-refractivity contribution in [3.63, 3.8) is 0 Å². The van der Waals surface area contributed by atoms with Gasteiger partial charge in [-0.3, -0.25) is 9.63 Å². The molecule has 0 aromatic rings. The van der Waals surface area contributed by atoms with Gasteiger partial charge in [0.25, 0.3) is 5.92 Å². The number of allylic oxidation sites excluding steroid dienone is 2. The Hall–Kier alpha value is -2.00. The van der Waals surface area contributed by atoms with E-state index >= 15 is 0 Å². The van der Waals surface area contributed by atoms with Gasteiger partial charge in [0.15, 0.2) is 11.9 Å². The van der Waals surface area contributed by atoms with Gasteiger partial charge >= 0.3 is 5.97 Å². The minimum absolute atomic E-state index is 0.306. The molecule has 0 aromatic carbocycles. The highest BCUT2D eigenvalue weighted by molar-refractivity contribution is 5.94. The lowest BCUT2D eigenvalue weighted by atomic mass is 9.51. The number of hydrogen-bond donors (Lipinski definition) is 1. The highest BCUT2D eigenvalue weighted by atomic mass is 19.3. The predicted octanol–water partition coefficient (Wildman–Crippen LogP) is 3.03. The van der Waals surface area contributed by atoms with Crippen LogP contribution in [0.25, 0.3) is 0 Å². The van der Waals surface area contributed by atoms with Crippen LogP contribution in [0.3, 0.4) is 0 Å². The zero-order chi connectivity index (χ0) is 21.7. The molecule has 1 saturated heterocycles. The first-order chi connectivity index (χ1) is 14.1. The first kappa shape index (κ1) is 21.2. The fraction of sp³-hybridized carbons (Fsp3) is 0.714. The Morgan fingerprint density at radius 2 is 1.87 bits per heavy atom. The van der Waals surface area contributed by atoms with Gasteiger partial charge in [-0.05, 0) is 30.2 Å². The number of amides is 1. The average Bonchev–Trinajstić information content (AvgIpc) is 3.08. The summed E-state index contributed by atoms with van der Waals surface area (Å²) in [7, 11) is 2.90. The average molecular weight is 426 g/mol. The van der Waals surface area contributed by atoms with Crippen LogP contribution in [0.4, 0.5) is 8.78 Å². The molecule has 3 aliphatic carbocycles. The number of esters is 1. The minimum atomic E-state index is -2.73. The van der Waals surface area contributed by atoms with Crippen LogP contribution in [0.1, 0.15) is 51.9 Å². The number of hydrogen-bond acceptors (Lipinski definition) is 6. The lowest BCUT2D eigenvalue weighted by Gasteiger charge is -2.53. The van der Waals surface area contributed by atoms with Gasteiger partial charge in [-0.15, -0.1) is 0 Å². The first-order valence-corrected chi connectivity index (χ1v) is 10.4. The van der Waals surface area contributed by atoms with Crippen LogP contribution in [0, 0.1) is 10.8 Å². The van der Waals surface area contributed by atoms with E-state index in [1.807, 2.05) is 6.92 Å². The molecule has 7 nitrogen and oxygen atoms in total. The van der Waals surface area contributed by atoms with Gasteiger partial charge < -0.3 is 14.9 Å². The summed E-state index contributed by atoms with van der Waals surface area (Å²) in [5, 5.41) is 4.06. The van der Waals surface area contributed by atoms with Crippen molar-refractivity contribution in [2.24, 2.45) is 10.8 Å². The highest BCUT2D eigenvalue weighted by Gasteiger charge is 2.65. The Labute approximate surface area is 174 Å². The minimum Gasteiger partial charge on any atom is -0.466 e. The number of carbonyl (C=O) groups is 2. The fourth-order valence-corrected chi connectivity index (χ4v) is 5.53. The van der Waals surface area contributed by atoms with E-state index < -0.39 is 34.9 Å². The number of methoxy groups -OCH3 is 1. The van der Waals surface area contributed by atoms with Crippen LogP contribution in [0.15, 0.2) is 23.5 Å². The predicted molar refractivity (Wildman–Crippen MR) is 102 cm³/mol. The number of rotatable bonds is 4. The molecule has 3 fully saturated rings. The van der Waals surface area contributed by atoms with Gasteiger partial charge in [0, 0.05) is 29.9 Å². The van der Waals surface area contributed by atoms with Gasteiger partial charge in [-0.1, -0.05) is 26.2 Å². The van der Waals surface area contributed by atoms with Crippen LogP contribution < -0.4 is 5.32 Å². The Bertz CT molecular complexity index is 797. The maximum Gasteiger partial charge on any atom is 0.334 e. The zero-order valence-corrected chi connectivity index (χ0v) is 17.5. The van der Waals surface area contributed by atoms with Gasteiger partial charge in [0.1, 0.15) is 0 Å². The van der Waals surface area contributed by atoms with Crippen molar-refractivity contribution in [1.29, 1.82) is 0 Å². The zero-order valence-electron chi connectivity index (χ0n) is 17.5. The summed E-state index contributed by atoms with van der Waals surface area (Å²) < 4.78 is 31.8. The van der Waals surface area contributed by atoms with Crippen molar-refractivity contribution in [2.75, 3.05) is 14.2 Å². The van der Waals surface area contributed by atoms with Gasteiger partial charge in [-0.2, -0.15) is 0 Å². The van der Waals surface area contributed by atoms with Crippen LogP contribution in [-0.4, -0.2) is 49.3 Å². The molecule has 166 valence electrons. The van der Waals surface area contributed by atoms with Crippen LogP contribution in [0.2, 0.25) is 0 Å². The molecular weight excluding hydrogens is 398 g/mol. The second-order valence-corrected chi connectivity index (χ2v) is 8.94. The van der Waals surface area contributed by atoms with Crippen molar-refractivity contribution in [1.82, 2.24) is 10.5 Å². The van der Waals surface area contributed by atoms with E-state index in [4.69, 9.17) is 14.4 Å². The van der Waals surface area contributed by atoms with Crippen LogP contribution >= 0.6 is 0 Å². The molecule has 30 heavy (non-hydrogen) atoms. The first-order valence-electron chi connectivity index (χ1n) is 10.4. The summed E-state index contributed by atoms with van der Waals surface area (Å²) in [6.07, 6.45) is 5.45. The number of carbonyl (C=O) groups excluding carboxylic acids is 2. The Kier molecular flexibility index (Phi) is 5.17. The van der Waals surface area contributed by atoms with Crippen molar-refractivity contribution >= 4 is 11.9 Å². The Morgan fingerprint density at radius 3 is 2.47 bits per heavy atom. The highest BCUT2D eigenvalue weighted by Crippen LogP contribution is 2.60. The lowest BCUT2D eigenvalue weighted by molar-refractivity contribution is -0.295. The second kappa shape index (κ2) is 7.30. The molecule has 0 spiro atoms. The van der Waals surface area contributed by atoms with Gasteiger partial charge in [0.2, 0.25) is 5.91 Å². The monoisotopic (exact) mass is 426 g/mol. The van der Waals surface area contributed by atoms with Crippen molar-refractivity contribution in [3.05, 3.63) is 23.5 Å². The largest absolute Gasteiger partial charge is 0.466 e. The number of hydroxylamine groups is 2. The smallest absolute Gasteiger partial charge is 0.334 e. The maximum absolute atomic E-state index is 13.7. The molecule has 9 heteroatoms. The fourth-order valence-electron chi connectivity index (χ4n) is 5.53. The second-order valence-electron chi connectivity index (χ2n) is 8.94. The van der Waals surface area contributed by atoms with Crippen molar-refractivity contribution < 1.29 is 32.8 Å². The van der Waals surface area contributed by atoms with Crippen molar-refractivity contribution in [3.8, 4) is 0 Å². The molecule has 4 aliphatic rings. The van der Waals surface area contributed by atoms with Crippen LogP contribution in [0.5, 0.6) is 0 Å². The quantitative estimate of drug-likeness (QED) is 0.697. The van der Waals surface area contributed by atoms with E-state index in [9.17, 15) is 18.4 Å². The summed E-state index contributed by atoms with van der Waals surface area (Å²) in [5.41, 5.74) is -1.78. The summed E-state index contributed by atoms with van der Waals surface area (Å²) in [4.78, 5) is 38.0. The molecule has 1 N–H and O–H groups in total. The molecule has 2 saturated carbocycles. The van der Waals surface area contributed by atoms with E-state index in [-0.39, 0.29) is 18.7 Å². The molecular formula is C21H28F2N2O5. The number of alkyl halides is 2. The van der Waals surface area contributed by atoms with E-state index in [0.717, 1.165) is 19.3 Å². The molecule has 1 heterocycles. The molecule has 2 unspecified atom stereocenters. The number of halogens is 2. The summed E-state index contributed by atoms with van der Waals surface area (Å²) in [5.74, 6) is -3.08. The van der Waals surface area contributed by atoms with E-state index in [0.29, 0.717) is 24.2 Å². The Morgan fingerprint density at radius 1 is 1.20 bits per heavy atom. The van der Waals surface area contributed by atoms with E-state index in [1.165, 1.54) is 12.3 Å². The van der Waals surface area contributed by atoms with Gasteiger partial charge in [0.05, 0.1) is 19.6 Å². The standard InChI is InChI=1S/C21H28F2N2O5/c1-19(14(17(26)28-3)7-8-15-16(19)30-25(2)29-15)20(9-5-4-6-10-20)18(27)24-13-11-21(22,23)12-13/h7-8,13,16H,4-6,9-12H2,1-3H3,(H,24,27). The SMILES string of the molecule is COC(=O)C1=CC=C2ON(C)OC2C1(C)C1(C(=O)NC2CC(F)(F)C2)CCCCC1. The lowest BCUT2D eigenvalue weighted by Crippen LogP contribution is -2.62. The topological polar surface area (TPSA) is 77.1 Å². The van der Waals surface area contributed by atoms with Crippen molar-refractivity contribution in [2.45, 2.75) is 69.9 Å².